The molecule has 0 bridgehead atoms. The number of benzene rings is 9. The fourth-order valence-electron chi connectivity index (χ4n) is 8.72. The smallest absolute Gasteiger partial charge is 0.0158 e. The highest BCUT2D eigenvalue weighted by molar-refractivity contribution is 6.29. The second-order valence-electron chi connectivity index (χ2n) is 13.7. The van der Waals surface area contributed by atoms with E-state index in [1.54, 1.807) is 0 Å². The maximum Gasteiger partial charge on any atom is 0.0158 e. The van der Waals surface area contributed by atoms with Gasteiger partial charge in [0, 0.05) is 5.41 Å². The molecule has 0 fully saturated rings. The maximum atomic E-state index is 2.46. The predicted molar refractivity (Wildman–Crippen MR) is 198 cm³/mol. The van der Waals surface area contributed by atoms with E-state index in [4.69, 9.17) is 0 Å². The second-order valence-corrected chi connectivity index (χ2v) is 13.7. The van der Waals surface area contributed by atoms with E-state index in [-0.39, 0.29) is 5.41 Å². The Kier molecular flexibility index (Phi) is 5.08. The van der Waals surface area contributed by atoms with Crippen molar-refractivity contribution in [3.05, 3.63) is 156 Å². The van der Waals surface area contributed by atoms with E-state index in [0.717, 1.165) is 0 Å². The molecule has 0 N–H and O–H groups in total. The third-order valence-corrected chi connectivity index (χ3v) is 10.8. The van der Waals surface area contributed by atoms with E-state index in [1.165, 1.54) is 104 Å². The summed E-state index contributed by atoms with van der Waals surface area (Å²) in [5.74, 6) is 0. The SMILES string of the molecule is Cc1ccc2c(-c3ccc4ccc5cccc6ccc3c4c56)c3ccccc3c(-c3ccc4c(c3)-c3ccccc3C4(C)C)c2c1. The van der Waals surface area contributed by atoms with Gasteiger partial charge in [-0.25, -0.2) is 0 Å². The van der Waals surface area contributed by atoms with E-state index in [2.05, 4.69) is 160 Å². The van der Waals surface area contributed by atoms with Crippen molar-refractivity contribution in [1.29, 1.82) is 0 Å². The molecule has 0 radical (unpaired) electrons. The molecule has 0 aromatic heterocycles. The van der Waals surface area contributed by atoms with Crippen LogP contribution in [0.25, 0.3) is 87.2 Å². The second kappa shape index (κ2) is 9.05. The Morgan fingerprint density at radius 1 is 0.391 bits per heavy atom. The summed E-state index contributed by atoms with van der Waals surface area (Å²) in [7, 11) is 0. The number of hydrogen-bond acceptors (Lipinski definition) is 0. The Hall–Kier alpha value is -5.46. The summed E-state index contributed by atoms with van der Waals surface area (Å²) in [6, 6.07) is 52.8. The van der Waals surface area contributed by atoms with Crippen molar-refractivity contribution in [2.45, 2.75) is 26.2 Å². The zero-order valence-electron chi connectivity index (χ0n) is 26.3. The van der Waals surface area contributed by atoms with Crippen LogP contribution in [0, 0.1) is 6.92 Å². The van der Waals surface area contributed by atoms with Gasteiger partial charge in [-0.3, -0.25) is 0 Å². The van der Waals surface area contributed by atoms with Gasteiger partial charge in [-0.15, -0.1) is 0 Å². The third kappa shape index (κ3) is 3.34. The van der Waals surface area contributed by atoms with Gasteiger partial charge in [-0.2, -0.15) is 0 Å². The van der Waals surface area contributed by atoms with Gasteiger partial charge in [-0.05, 0) is 111 Å². The van der Waals surface area contributed by atoms with E-state index < -0.39 is 0 Å². The zero-order valence-corrected chi connectivity index (χ0v) is 26.3. The lowest BCUT2D eigenvalue weighted by atomic mass is 9.81. The zero-order chi connectivity index (χ0) is 30.7. The maximum absolute atomic E-state index is 2.46. The normalized spacial score (nSPS) is 13.7. The number of rotatable bonds is 2. The van der Waals surface area contributed by atoms with Crippen LogP contribution in [0.5, 0.6) is 0 Å². The summed E-state index contributed by atoms with van der Waals surface area (Å²) < 4.78 is 0. The molecule has 0 atom stereocenters. The fourth-order valence-corrected chi connectivity index (χ4v) is 8.72. The van der Waals surface area contributed by atoms with Crippen molar-refractivity contribution in [3.63, 3.8) is 0 Å². The first-order valence-electron chi connectivity index (χ1n) is 16.4. The van der Waals surface area contributed by atoms with Gasteiger partial charge < -0.3 is 0 Å². The monoisotopic (exact) mass is 584 g/mol. The summed E-state index contributed by atoms with van der Waals surface area (Å²) in [5.41, 5.74) is 12.0. The first-order chi connectivity index (χ1) is 22.5. The van der Waals surface area contributed by atoms with Crippen LogP contribution in [0.3, 0.4) is 0 Å². The fraction of sp³-hybridized carbons (Fsp3) is 0.0870. The number of fused-ring (bicyclic) bond motifs is 5. The molecule has 0 heteroatoms. The van der Waals surface area contributed by atoms with Crippen LogP contribution in [-0.4, -0.2) is 0 Å². The highest BCUT2D eigenvalue weighted by Gasteiger charge is 2.35. The summed E-state index contributed by atoms with van der Waals surface area (Å²) in [6.07, 6.45) is 0. The molecule has 1 aliphatic rings. The van der Waals surface area contributed by atoms with Gasteiger partial charge >= 0.3 is 0 Å². The molecule has 0 unspecified atom stereocenters. The molecule has 10 rings (SSSR count). The molecule has 0 nitrogen and oxygen atoms in total. The first kappa shape index (κ1) is 25.8. The van der Waals surface area contributed by atoms with Crippen LogP contribution in [-0.2, 0) is 5.41 Å². The van der Waals surface area contributed by atoms with Crippen molar-refractivity contribution >= 4 is 53.9 Å². The van der Waals surface area contributed by atoms with E-state index >= 15 is 0 Å². The van der Waals surface area contributed by atoms with Gasteiger partial charge in [0.1, 0.15) is 0 Å². The molecular weight excluding hydrogens is 553 g/mol. The van der Waals surface area contributed by atoms with Crippen molar-refractivity contribution in [2.75, 3.05) is 0 Å². The Morgan fingerprint density at radius 2 is 1.02 bits per heavy atom. The summed E-state index contributed by atoms with van der Waals surface area (Å²) in [6.45, 7) is 6.93. The van der Waals surface area contributed by atoms with Crippen LogP contribution < -0.4 is 0 Å². The molecule has 0 saturated carbocycles. The molecular formula is C46H32. The lowest BCUT2D eigenvalue weighted by Gasteiger charge is -2.22. The summed E-state index contributed by atoms with van der Waals surface area (Å²) >= 11 is 0. The van der Waals surface area contributed by atoms with Gasteiger partial charge in [0.2, 0.25) is 0 Å². The van der Waals surface area contributed by atoms with Crippen LogP contribution in [0.15, 0.2) is 140 Å². The Morgan fingerprint density at radius 3 is 1.85 bits per heavy atom. The van der Waals surface area contributed by atoms with Crippen LogP contribution in [0.2, 0.25) is 0 Å². The van der Waals surface area contributed by atoms with E-state index in [1.807, 2.05) is 0 Å². The van der Waals surface area contributed by atoms with Gasteiger partial charge in [0.05, 0.1) is 0 Å². The molecule has 1 aliphatic carbocycles. The minimum atomic E-state index is -0.00986. The largest absolute Gasteiger partial charge is 0.0619 e. The predicted octanol–water partition coefficient (Wildman–Crippen LogP) is 12.8. The Bertz CT molecular complexity index is 2700. The van der Waals surface area contributed by atoms with Gasteiger partial charge in [0.15, 0.2) is 0 Å². The standard InChI is InChI=1S/C46H32/c1-27-15-21-37-39(25-27)43(31-20-24-41-38(26-31)32-11-6-7-14-40(32)46(41,2)3)33-12-4-5-13-34(33)45(37)36-23-19-30-17-16-28-9-8-10-29-18-22-35(36)44(30)42(28)29/h4-26H,1-3H3. The molecule has 46 heavy (non-hydrogen) atoms. The molecule has 0 amide bonds. The highest BCUT2D eigenvalue weighted by atomic mass is 14.4. The van der Waals surface area contributed by atoms with E-state index in [0.29, 0.717) is 0 Å². The van der Waals surface area contributed by atoms with Crippen molar-refractivity contribution < 1.29 is 0 Å². The molecule has 9 aromatic rings. The summed E-state index contributed by atoms with van der Waals surface area (Å²) in [5, 5.41) is 13.1. The topological polar surface area (TPSA) is 0 Å². The van der Waals surface area contributed by atoms with Crippen LogP contribution in [0.4, 0.5) is 0 Å². The Balaban J connectivity index is 1.32. The lowest BCUT2D eigenvalue weighted by molar-refractivity contribution is 0.660. The summed E-state index contributed by atoms with van der Waals surface area (Å²) in [4.78, 5) is 0. The van der Waals surface area contributed by atoms with Gasteiger partial charge in [0.25, 0.3) is 0 Å². The third-order valence-electron chi connectivity index (χ3n) is 10.8. The quantitative estimate of drug-likeness (QED) is 0.140. The average Bonchev–Trinajstić information content (AvgIpc) is 3.32. The minimum absolute atomic E-state index is 0.00986. The van der Waals surface area contributed by atoms with Crippen LogP contribution in [0.1, 0.15) is 30.5 Å². The number of aryl methyl sites for hydroxylation is 1. The molecule has 216 valence electrons. The molecule has 9 aromatic carbocycles. The van der Waals surface area contributed by atoms with Gasteiger partial charge in [-0.1, -0.05) is 153 Å². The van der Waals surface area contributed by atoms with Crippen molar-refractivity contribution in [1.82, 2.24) is 0 Å². The van der Waals surface area contributed by atoms with E-state index in [9.17, 15) is 0 Å². The van der Waals surface area contributed by atoms with Crippen molar-refractivity contribution in [2.24, 2.45) is 0 Å². The first-order valence-corrected chi connectivity index (χ1v) is 16.4. The highest BCUT2D eigenvalue weighted by Crippen LogP contribution is 2.52. The Labute approximate surface area is 268 Å². The van der Waals surface area contributed by atoms with Crippen LogP contribution >= 0.6 is 0 Å². The average molecular weight is 585 g/mol. The lowest BCUT2D eigenvalue weighted by Crippen LogP contribution is -2.14. The molecule has 0 heterocycles. The van der Waals surface area contributed by atoms with Crippen molar-refractivity contribution in [3.8, 4) is 33.4 Å². The molecule has 0 saturated heterocycles. The minimum Gasteiger partial charge on any atom is -0.0619 e. The molecule has 0 spiro atoms. The molecule has 0 aliphatic heterocycles. The number of hydrogen-bond donors (Lipinski definition) is 0.